The van der Waals surface area contributed by atoms with Crippen molar-refractivity contribution in [3.05, 3.63) is 35.4 Å². The van der Waals surface area contributed by atoms with Gasteiger partial charge in [-0.2, -0.15) is 11.8 Å². The van der Waals surface area contributed by atoms with Gasteiger partial charge in [-0.25, -0.2) is 0 Å². The molecule has 0 saturated carbocycles. The first-order valence-corrected chi connectivity index (χ1v) is 9.40. The van der Waals surface area contributed by atoms with Crippen molar-refractivity contribution in [2.45, 2.75) is 39.0 Å². The molecule has 0 saturated heterocycles. The molecule has 1 aromatic rings. The van der Waals surface area contributed by atoms with Crippen LogP contribution in [-0.4, -0.2) is 38.1 Å². The van der Waals surface area contributed by atoms with Gasteiger partial charge in [0.05, 0.1) is 0 Å². The summed E-state index contributed by atoms with van der Waals surface area (Å²) in [4.78, 5) is 4.31. The van der Waals surface area contributed by atoms with Crippen LogP contribution in [0.1, 0.15) is 37.8 Å². The maximum Gasteiger partial charge on any atom is 0.191 e. The monoisotopic (exact) mass is 321 g/mol. The van der Waals surface area contributed by atoms with Crippen LogP contribution < -0.4 is 10.6 Å². The number of unbranched alkanes of at least 4 members (excludes halogenated alkanes) is 1. The van der Waals surface area contributed by atoms with Crippen LogP contribution >= 0.6 is 11.8 Å². The van der Waals surface area contributed by atoms with Gasteiger partial charge in [0.15, 0.2) is 5.96 Å². The summed E-state index contributed by atoms with van der Waals surface area (Å²) in [5, 5.41) is 6.86. The van der Waals surface area contributed by atoms with Gasteiger partial charge in [0.2, 0.25) is 0 Å². The average molecular weight is 322 g/mol. The summed E-state index contributed by atoms with van der Waals surface area (Å²) in [7, 11) is 1.83. The number of benzene rings is 1. The maximum atomic E-state index is 4.31. The molecule has 124 valence electrons. The first kappa shape index (κ1) is 18.9. The third kappa shape index (κ3) is 6.30. The van der Waals surface area contributed by atoms with Crippen molar-refractivity contribution in [1.29, 1.82) is 0 Å². The van der Waals surface area contributed by atoms with Gasteiger partial charge in [-0.1, -0.05) is 38.1 Å². The molecule has 0 spiro atoms. The van der Waals surface area contributed by atoms with Gasteiger partial charge in [-0.15, -0.1) is 0 Å². The second-order valence-electron chi connectivity index (χ2n) is 6.25. The molecule has 0 aliphatic heterocycles. The third-order valence-corrected chi connectivity index (χ3v) is 4.56. The van der Waals surface area contributed by atoms with E-state index in [1.807, 2.05) is 18.8 Å². The Morgan fingerprint density at radius 2 is 1.91 bits per heavy atom. The van der Waals surface area contributed by atoms with Crippen molar-refractivity contribution < 1.29 is 0 Å². The predicted molar refractivity (Wildman–Crippen MR) is 101 cm³/mol. The van der Waals surface area contributed by atoms with Crippen molar-refractivity contribution >= 4 is 17.7 Å². The zero-order valence-electron chi connectivity index (χ0n) is 14.7. The Balaban J connectivity index is 2.47. The fourth-order valence-corrected chi connectivity index (χ4v) is 3.02. The topological polar surface area (TPSA) is 36.4 Å². The van der Waals surface area contributed by atoms with E-state index < -0.39 is 0 Å². The summed E-state index contributed by atoms with van der Waals surface area (Å²) < 4.78 is 0. The lowest BCUT2D eigenvalue weighted by Gasteiger charge is -2.28. The number of nitrogens with one attached hydrogen (secondary N) is 2. The largest absolute Gasteiger partial charge is 0.356 e. The minimum Gasteiger partial charge on any atom is -0.356 e. The number of aliphatic imine (C=N–C) groups is 1. The summed E-state index contributed by atoms with van der Waals surface area (Å²) in [6.45, 7) is 8.56. The summed E-state index contributed by atoms with van der Waals surface area (Å²) in [6, 6.07) is 8.60. The molecule has 1 rings (SSSR count). The fourth-order valence-electron chi connectivity index (χ4n) is 2.53. The summed E-state index contributed by atoms with van der Waals surface area (Å²) in [5.74, 6) is 2.12. The van der Waals surface area contributed by atoms with Gasteiger partial charge in [0, 0.05) is 25.6 Å². The van der Waals surface area contributed by atoms with E-state index >= 15 is 0 Å². The van der Waals surface area contributed by atoms with Crippen molar-refractivity contribution in [3.63, 3.8) is 0 Å². The molecule has 0 bridgehead atoms. The maximum absolute atomic E-state index is 4.31. The highest BCUT2D eigenvalue weighted by Gasteiger charge is 2.22. The number of hydrogen-bond acceptors (Lipinski definition) is 2. The van der Waals surface area contributed by atoms with Crippen LogP contribution in [0.3, 0.4) is 0 Å². The van der Waals surface area contributed by atoms with E-state index in [-0.39, 0.29) is 5.41 Å². The Bertz CT molecular complexity index is 469. The molecule has 0 aliphatic carbocycles. The minimum absolute atomic E-state index is 0.0712. The molecule has 0 radical (unpaired) electrons. The van der Waals surface area contributed by atoms with E-state index in [4.69, 9.17) is 0 Å². The predicted octanol–water partition coefficient (Wildman–Crippen LogP) is 3.58. The van der Waals surface area contributed by atoms with E-state index in [0.29, 0.717) is 0 Å². The molecule has 2 N–H and O–H groups in total. The van der Waals surface area contributed by atoms with Gasteiger partial charge >= 0.3 is 0 Å². The van der Waals surface area contributed by atoms with E-state index in [1.54, 1.807) is 0 Å². The van der Waals surface area contributed by atoms with Crippen LogP contribution in [0.15, 0.2) is 29.3 Å². The van der Waals surface area contributed by atoms with E-state index in [1.165, 1.54) is 29.7 Å². The molecule has 4 heteroatoms. The van der Waals surface area contributed by atoms with Crippen LogP contribution in [0.25, 0.3) is 0 Å². The zero-order chi connectivity index (χ0) is 16.4. The third-order valence-electron chi connectivity index (χ3n) is 3.86. The quantitative estimate of drug-likeness (QED) is 0.436. The second kappa shape index (κ2) is 9.78. The van der Waals surface area contributed by atoms with Gasteiger partial charge < -0.3 is 10.6 Å². The molecule has 0 unspecified atom stereocenters. The lowest BCUT2D eigenvalue weighted by Crippen LogP contribution is -2.43. The first-order chi connectivity index (χ1) is 10.5. The molecule has 3 nitrogen and oxygen atoms in total. The fraction of sp³-hybridized carbons (Fsp3) is 0.611. The van der Waals surface area contributed by atoms with Crippen LogP contribution in [-0.2, 0) is 5.41 Å². The Morgan fingerprint density at radius 1 is 1.18 bits per heavy atom. The molecular formula is C18H31N3S. The van der Waals surface area contributed by atoms with Crippen molar-refractivity contribution in [1.82, 2.24) is 10.6 Å². The smallest absolute Gasteiger partial charge is 0.191 e. The number of nitrogens with zero attached hydrogens (tertiary/aromatic N) is 1. The SMILES string of the molecule is CN=C(NCCCCSC)NCC(C)(C)c1ccccc1C. The van der Waals surface area contributed by atoms with Crippen molar-refractivity contribution in [2.75, 3.05) is 32.1 Å². The van der Waals surface area contributed by atoms with Gasteiger partial charge in [0.25, 0.3) is 0 Å². The second-order valence-corrected chi connectivity index (χ2v) is 7.24. The molecule has 0 atom stereocenters. The number of rotatable bonds is 8. The van der Waals surface area contributed by atoms with Crippen LogP contribution in [0, 0.1) is 6.92 Å². The minimum atomic E-state index is 0.0712. The van der Waals surface area contributed by atoms with Crippen LogP contribution in [0.4, 0.5) is 0 Å². The van der Waals surface area contributed by atoms with Crippen LogP contribution in [0.2, 0.25) is 0 Å². The molecule has 0 fully saturated rings. The average Bonchev–Trinajstić information content (AvgIpc) is 2.50. The Labute approximate surface area is 140 Å². The van der Waals surface area contributed by atoms with Gasteiger partial charge in [-0.3, -0.25) is 4.99 Å². The van der Waals surface area contributed by atoms with Crippen molar-refractivity contribution in [3.8, 4) is 0 Å². The molecule has 0 aliphatic rings. The Kier molecular flexibility index (Phi) is 8.39. The molecule has 22 heavy (non-hydrogen) atoms. The van der Waals surface area contributed by atoms with E-state index in [2.05, 4.69) is 66.9 Å². The standard InChI is InChI=1S/C18H31N3S/c1-15-10-6-7-11-16(15)18(2,3)14-21-17(19-4)20-12-8-9-13-22-5/h6-7,10-11H,8-9,12-14H2,1-5H3,(H2,19,20,21). The highest BCUT2D eigenvalue weighted by Crippen LogP contribution is 2.25. The lowest BCUT2D eigenvalue weighted by atomic mass is 9.82. The molecular weight excluding hydrogens is 290 g/mol. The van der Waals surface area contributed by atoms with E-state index in [0.717, 1.165) is 19.0 Å². The number of aryl methyl sites for hydroxylation is 1. The van der Waals surface area contributed by atoms with E-state index in [9.17, 15) is 0 Å². The Morgan fingerprint density at radius 3 is 2.55 bits per heavy atom. The highest BCUT2D eigenvalue weighted by molar-refractivity contribution is 7.98. The summed E-state index contributed by atoms with van der Waals surface area (Å²) >= 11 is 1.91. The highest BCUT2D eigenvalue weighted by atomic mass is 32.2. The van der Waals surface area contributed by atoms with Gasteiger partial charge in [-0.05, 0) is 42.9 Å². The summed E-state index contributed by atoms with van der Waals surface area (Å²) in [6.07, 6.45) is 4.59. The molecule has 0 aromatic heterocycles. The first-order valence-electron chi connectivity index (χ1n) is 8.01. The van der Waals surface area contributed by atoms with Crippen molar-refractivity contribution in [2.24, 2.45) is 4.99 Å². The molecule has 1 aromatic carbocycles. The number of guanidine groups is 1. The molecule has 0 heterocycles. The summed E-state index contributed by atoms with van der Waals surface area (Å²) in [5.41, 5.74) is 2.80. The zero-order valence-corrected chi connectivity index (χ0v) is 15.5. The number of thioether (sulfide) groups is 1. The number of hydrogen-bond donors (Lipinski definition) is 2. The van der Waals surface area contributed by atoms with Crippen LogP contribution in [0.5, 0.6) is 0 Å². The molecule has 0 amide bonds. The van der Waals surface area contributed by atoms with Gasteiger partial charge in [0.1, 0.15) is 0 Å². The normalized spacial score (nSPS) is 12.3. The Hall–Kier alpha value is -1.16. The lowest BCUT2D eigenvalue weighted by molar-refractivity contribution is 0.505.